The molecule has 2 heterocycles. The number of ether oxygens (including phenoxy) is 1. The second-order valence-electron chi connectivity index (χ2n) is 5.71. The van der Waals surface area contributed by atoms with Crippen molar-refractivity contribution in [2.24, 2.45) is 0 Å². The summed E-state index contributed by atoms with van der Waals surface area (Å²) in [4.78, 5) is 2.55. The Kier molecular flexibility index (Phi) is 4.55. The molecule has 1 fully saturated rings. The zero-order valence-electron chi connectivity index (χ0n) is 12.6. The Balaban J connectivity index is 1.53. The summed E-state index contributed by atoms with van der Waals surface area (Å²) in [5.41, 5.74) is 2.66. The van der Waals surface area contributed by atoms with Gasteiger partial charge in [-0.15, -0.1) is 0 Å². The molecular weight excluding hydrogens is 262 g/mol. The third kappa shape index (κ3) is 3.45. The molecule has 1 aromatic heterocycles. The molecule has 0 atom stereocenters. The van der Waals surface area contributed by atoms with Crippen molar-refractivity contribution in [1.29, 1.82) is 0 Å². The Hall–Kier alpha value is -1.81. The maximum Gasteiger partial charge on any atom is 0.122 e. The van der Waals surface area contributed by atoms with Gasteiger partial charge in [-0.2, -0.15) is 5.10 Å². The quantitative estimate of drug-likeness (QED) is 0.918. The van der Waals surface area contributed by atoms with E-state index in [1.54, 1.807) is 7.11 Å². The van der Waals surface area contributed by atoms with Gasteiger partial charge in [-0.25, -0.2) is 0 Å². The van der Waals surface area contributed by atoms with Crippen molar-refractivity contribution in [3.8, 4) is 5.75 Å². The second-order valence-corrected chi connectivity index (χ2v) is 5.71. The molecule has 112 valence electrons. The number of likely N-dealkylation sites (tertiary alicyclic amines) is 1. The second kappa shape index (κ2) is 6.76. The van der Waals surface area contributed by atoms with E-state index in [1.807, 2.05) is 18.5 Å². The molecule has 0 spiro atoms. The van der Waals surface area contributed by atoms with Gasteiger partial charge < -0.3 is 9.64 Å². The SMILES string of the molecule is COc1ccccc1C1CCN(CCc2cn[nH]c2)CC1. The van der Waals surface area contributed by atoms with Gasteiger partial charge >= 0.3 is 0 Å². The minimum Gasteiger partial charge on any atom is -0.496 e. The zero-order chi connectivity index (χ0) is 14.5. The van der Waals surface area contributed by atoms with Crippen LogP contribution in [-0.4, -0.2) is 41.8 Å². The van der Waals surface area contributed by atoms with Crippen molar-refractivity contribution >= 4 is 0 Å². The lowest BCUT2D eigenvalue weighted by Crippen LogP contribution is -2.34. The largest absolute Gasteiger partial charge is 0.496 e. The third-order valence-corrected chi connectivity index (χ3v) is 4.44. The molecule has 0 aliphatic carbocycles. The number of hydrogen-bond donors (Lipinski definition) is 1. The Bertz CT molecular complexity index is 545. The number of para-hydroxylation sites is 1. The molecule has 0 bridgehead atoms. The fourth-order valence-corrected chi connectivity index (χ4v) is 3.17. The summed E-state index contributed by atoms with van der Waals surface area (Å²) < 4.78 is 5.50. The van der Waals surface area contributed by atoms with Crippen LogP contribution in [0, 0.1) is 0 Å². The molecule has 0 amide bonds. The van der Waals surface area contributed by atoms with E-state index in [9.17, 15) is 0 Å². The lowest BCUT2D eigenvalue weighted by atomic mass is 9.88. The molecular formula is C17H23N3O. The van der Waals surface area contributed by atoms with Crippen LogP contribution in [0.2, 0.25) is 0 Å². The highest BCUT2D eigenvalue weighted by molar-refractivity contribution is 5.36. The number of H-pyrrole nitrogens is 1. The normalized spacial score (nSPS) is 17.0. The van der Waals surface area contributed by atoms with Gasteiger partial charge in [0.05, 0.1) is 13.3 Å². The summed E-state index contributed by atoms with van der Waals surface area (Å²) in [5.74, 6) is 1.67. The molecule has 1 saturated heterocycles. The van der Waals surface area contributed by atoms with Crippen LogP contribution in [0.15, 0.2) is 36.7 Å². The average molecular weight is 285 g/mol. The third-order valence-electron chi connectivity index (χ3n) is 4.44. The topological polar surface area (TPSA) is 41.1 Å². The van der Waals surface area contributed by atoms with Crippen LogP contribution < -0.4 is 4.74 Å². The van der Waals surface area contributed by atoms with Crippen molar-refractivity contribution < 1.29 is 4.74 Å². The Morgan fingerprint density at radius 2 is 2.10 bits per heavy atom. The predicted octanol–water partition coefficient (Wildman–Crippen LogP) is 2.84. The summed E-state index contributed by atoms with van der Waals surface area (Å²) >= 11 is 0. The molecule has 0 radical (unpaired) electrons. The van der Waals surface area contributed by atoms with Gasteiger partial charge in [0.15, 0.2) is 0 Å². The molecule has 1 aliphatic heterocycles. The average Bonchev–Trinajstić information content (AvgIpc) is 3.07. The first-order valence-corrected chi connectivity index (χ1v) is 7.69. The Morgan fingerprint density at radius 1 is 1.29 bits per heavy atom. The van der Waals surface area contributed by atoms with E-state index < -0.39 is 0 Å². The highest BCUT2D eigenvalue weighted by atomic mass is 16.5. The molecule has 1 aliphatic rings. The van der Waals surface area contributed by atoms with Crippen LogP contribution in [-0.2, 0) is 6.42 Å². The van der Waals surface area contributed by atoms with E-state index in [-0.39, 0.29) is 0 Å². The molecule has 0 saturated carbocycles. The summed E-state index contributed by atoms with van der Waals surface area (Å²) in [6, 6.07) is 8.44. The fourth-order valence-electron chi connectivity index (χ4n) is 3.17. The fraction of sp³-hybridized carbons (Fsp3) is 0.471. The van der Waals surface area contributed by atoms with Gasteiger partial charge in [0.25, 0.3) is 0 Å². The number of hydrogen-bond acceptors (Lipinski definition) is 3. The van der Waals surface area contributed by atoms with Crippen LogP contribution in [0.1, 0.15) is 29.9 Å². The first-order chi connectivity index (χ1) is 10.4. The van der Waals surface area contributed by atoms with Gasteiger partial charge in [-0.05, 0) is 55.5 Å². The van der Waals surface area contributed by atoms with E-state index in [0.29, 0.717) is 5.92 Å². The van der Waals surface area contributed by atoms with Gasteiger partial charge in [-0.3, -0.25) is 5.10 Å². The zero-order valence-corrected chi connectivity index (χ0v) is 12.6. The lowest BCUT2D eigenvalue weighted by Gasteiger charge is -2.32. The number of rotatable bonds is 5. The molecule has 1 aromatic carbocycles. The smallest absolute Gasteiger partial charge is 0.122 e. The maximum absolute atomic E-state index is 5.50. The van der Waals surface area contributed by atoms with Crippen LogP contribution in [0.25, 0.3) is 0 Å². The maximum atomic E-state index is 5.50. The highest BCUT2D eigenvalue weighted by Crippen LogP contribution is 2.33. The van der Waals surface area contributed by atoms with Crippen molar-refractivity contribution in [3.63, 3.8) is 0 Å². The van der Waals surface area contributed by atoms with Gasteiger partial charge in [0.2, 0.25) is 0 Å². The summed E-state index contributed by atoms with van der Waals surface area (Å²) in [6.45, 7) is 3.46. The molecule has 1 N–H and O–H groups in total. The Labute approximate surface area is 126 Å². The van der Waals surface area contributed by atoms with Gasteiger partial charge in [-0.1, -0.05) is 18.2 Å². The number of nitrogens with one attached hydrogen (secondary N) is 1. The number of methoxy groups -OCH3 is 1. The van der Waals surface area contributed by atoms with E-state index in [1.165, 1.54) is 37.1 Å². The summed E-state index contributed by atoms with van der Waals surface area (Å²) in [7, 11) is 1.76. The predicted molar refractivity (Wildman–Crippen MR) is 83.7 cm³/mol. The van der Waals surface area contributed by atoms with Crippen LogP contribution in [0.4, 0.5) is 0 Å². The van der Waals surface area contributed by atoms with Crippen molar-refractivity contribution in [3.05, 3.63) is 47.8 Å². The van der Waals surface area contributed by atoms with Crippen molar-refractivity contribution in [2.75, 3.05) is 26.7 Å². The summed E-state index contributed by atoms with van der Waals surface area (Å²) in [5, 5.41) is 6.88. The first-order valence-electron chi connectivity index (χ1n) is 7.69. The monoisotopic (exact) mass is 285 g/mol. The van der Waals surface area contributed by atoms with E-state index in [0.717, 1.165) is 18.7 Å². The first kappa shape index (κ1) is 14.1. The highest BCUT2D eigenvalue weighted by Gasteiger charge is 2.22. The number of aromatic nitrogens is 2. The standard InChI is InChI=1S/C17H23N3O/c1-21-17-5-3-2-4-16(17)15-7-10-20(11-8-15)9-6-14-12-18-19-13-14/h2-5,12-13,15H,6-11H2,1H3,(H,18,19). The van der Waals surface area contributed by atoms with Crippen molar-refractivity contribution in [1.82, 2.24) is 15.1 Å². The van der Waals surface area contributed by atoms with E-state index in [4.69, 9.17) is 4.74 Å². The summed E-state index contributed by atoms with van der Waals surface area (Å²) in [6.07, 6.45) is 7.41. The number of benzene rings is 1. The molecule has 4 nitrogen and oxygen atoms in total. The number of aromatic amines is 1. The van der Waals surface area contributed by atoms with Crippen molar-refractivity contribution in [2.45, 2.75) is 25.2 Å². The minimum absolute atomic E-state index is 0.631. The van der Waals surface area contributed by atoms with Crippen LogP contribution >= 0.6 is 0 Å². The minimum atomic E-state index is 0.631. The lowest BCUT2D eigenvalue weighted by molar-refractivity contribution is 0.213. The Morgan fingerprint density at radius 3 is 2.81 bits per heavy atom. The number of piperidine rings is 1. The molecule has 21 heavy (non-hydrogen) atoms. The van der Waals surface area contributed by atoms with E-state index >= 15 is 0 Å². The molecule has 0 unspecified atom stereocenters. The molecule has 3 rings (SSSR count). The van der Waals surface area contributed by atoms with Crippen LogP contribution in [0.3, 0.4) is 0 Å². The number of nitrogens with zero attached hydrogens (tertiary/aromatic N) is 2. The van der Waals surface area contributed by atoms with Crippen LogP contribution in [0.5, 0.6) is 5.75 Å². The molecule has 4 heteroatoms. The van der Waals surface area contributed by atoms with E-state index in [2.05, 4.69) is 33.3 Å². The van der Waals surface area contributed by atoms with Gasteiger partial charge in [0.1, 0.15) is 5.75 Å². The van der Waals surface area contributed by atoms with Gasteiger partial charge in [0, 0.05) is 12.7 Å². The molecule has 2 aromatic rings.